The van der Waals surface area contributed by atoms with E-state index in [1.807, 2.05) is 44.3 Å². The molecule has 1 aromatic carbocycles. The smallest absolute Gasteiger partial charge is 0.267 e. The first-order chi connectivity index (χ1) is 9.09. The third kappa shape index (κ3) is 1.66. The van der Waals surface area contributed by atoms with Gasteiger partial charge in [0, 0.05) is 19.7 Å². The predicted molar refractivity (Wildman–Crippen MR) is 73.9 cm³/mol. The van der Waals surface area contributed by atoms with E-state index in [1.54, 1.807) is 11.7 Å². The molecule has 5 nitrogen and oxygen atoms in total. The van der Waals surface area contributed by atoms with Crippen LogP contribution in [0.3, 0.4) is 0 Å². The molecule has 0 saturated carbocycles. The minimum Gasteiger partial charge on any atom is -0.267 e. The highest BCUT2D eigenvalue weighted by molar-refractivity contribution is 5.93. The molecule has 0 aliphatic heterocycles. The third-order valence-electron chi connectivity index (χ3n) is 3.24. The minimum atomic E-state index is -0.118. The Kier molecular flexibility index (Phi) is 2.48. The average molecular weight is 254 g/mol. The van der Waals surface area contributed by atoms with Gasteiger partial charge in [0.15, 0.2) is 0 Å². The zero-order chi connectivity index (χ0) is 13.6. The Morgan fingerprint density at radius 2 is 1.68 bits per heavy atom. The normalized spacial score (nSPS) is 11.1. The Bertz CT molecular complexity index is 815. The molecule has 19 heavy (non-hydrogen) atoms. The Morgan fingerprint density at radius 3 is 2.37 bits per heavy atom. The molecule has 0 spiro atoms. The SMILES string of the molecule is Cc1nn(C)c(=O)c2c(-c3ccccc3)nn(C)c12. The largest absolute Gasteiger partial charge is 0.278 e. The lowest BCUT2D eigenvalue weighted by molar-refractivity contribution is 0.698. The first-order valence-electron chi connectivity index (χ1n) is 6.05. The fraction of sp³-hybridized carbons (Fsp3) is 0.214. The number of hydrogen-bond donors (Lipinski definition) is 0. The van der Waals surface area contributed by atoms with Crippen LogP contribution >= 0.6 is 0 Å². The molecule has 0 radical (unpaired) electrons. The van der Waals surface area contributed by atoms with Gasteiger partial charge in [-0.2, -0.15) is 10.2 Å². The molecule has 0 saturated heterocycles. The van der Waals surface area contributed by atoms with Crippen LogP contribution in [0.1, 0.15) is 5.69 Å². The lowest BCUT2D eigenvalue weighted by Crippen LogP contribution is -2.20. The predicted octanol–water partition coefficient (Wildman–Crippen LogP) is 1.64. The summed E-state index contributed by atoms with van der Waals surface area (Å²) < 4.78 is 3.09. The fourth-order valence-electron chi connectivity index (χ4n) is 2.42. The fourth-order valence-corrected chi connectivity index (χ4v) is 2.42. The van der Waals surface area contributed by atoms with Crippen molar-refractivity contribution in [2.75, 3.05) is 0 Å². The van der Waals surface area contributed by atoms with Crippen molar-refractivity contribution < 1.29 is 0 Å². The maximum absolute atomic E-state index is 12.3. The molecule has 2 heterocycles. The van der Waals surface area contributed by atoms with E-state index in [0.29, 0.717) is 11.1 Å². The van der Waals surface area contributed by atoms with Crippen molar-refractivity contribution in [1.82, 2.24) is 19.6 Å². The van der Waals surface area contributed by atoms with E-state index in [0.717, 1.165) is 16.8 Å². The molecular formula is C14H14N4O. The molecule has 96 valence electrons. The van der Waals surface area contributed by atoms with Crippen LogP contribution in [-0.2, 0) is 14.1 Å². The molecule has 0 atom stereocenters. The van der Waals surface area contributed by atoms with E-state index in [2.05, 4.69) is 10.2 Å². The number of nitrogens with zero attached hydrogens (tertiary/aromatic N) is 4. The highest BCUT2D eigenvalue weighted by atomic mass is 16.1. The molecule has 0 amide bonds. The summed E-state index contributed by atoms with van der Waals surface area (Å²) in [4.78, 5) is 12.3. The molecule has 0 fully saturated rings. The second-order valence-electron chi connectivity index (χ2n) is 4.58. The second kappa shape index (κ2) is 4.05. The number of benzene rings is 1. The van der Waals surface area contributed by atoms with Crippen LogP contribution in [-0.4, -0.2) is 19.6 Å². The number of rotatable bonds is 1. The summed E-state index contributed by atoms with van der Waals surface area (Å²) in [5, 5.41) is 9.33. The molecular weight excluding hydrogens is 240 g/mol. The van der Waals surface area contributed by atoms with E-state index in [-0.39, 0.29) is 5.56 Å². The van der Waals surface area contributed by atoms with Crippen molar-refractivity contribution in [1.29, 1.82) is 0 Å². The zero-order valence-corrected chi connectivity index (χ0v) is 11.1. The summed E-state index contributed by atoms with van der Waals surface area (Å²) in [5.41, 5.74) is 3.13. The Balaban J connectivity index is 2.49. The lowest BCUT2D eigenvalue weighted by atomic mass is 10.1. The summed E-state index contributed by atoms with van der Waals surface area (Å²) >= 11 is 0. The van der Waals surface area contributed by atoms with Crippen molar-refractivity contribution in [2.45, 2.75) is 6.92 Å². The molecule has 0 unspecified atom stereocenters. The van der Waals surface area contributed by atoms with Crippen LogP contribution in [0.5, 0.6) is 0 Å². The monoisotopic (exact) mass is 254 g/mol. The number of aryl methyl sites for hydroxylation is 3. The Hall–Kier alpha value is -2.43. The molecule has 0 aliphatic rings. The summed E-state index contributed by atoms with van der Waals surface area (Å²) in [6, 6.07) is 9.73. The molecule has 3 rings (SSSR count). The van der Waals surface area contributed by atoms with Gasteiger partial charge in [-0.25, -0.2) is 4.68 Å². The Labute approximate surface area is 110 Å². The maximum atomic E-state index is 12.3. The second-order valence-corrected chi connectivity index (χ2v) is 4.58. The van der Waals surface area contributed by atoms with Gasteiger partial charge in [0.1, 0.15) is 5.69 Å². The number of fused-ring (bicyclic) bond motifs is 1. The number of aromatic nitrogens is 4. The van der Waals surface area contributed by atoms with E-state index in [9.17, 15) is 4.79 Å². The van der Waals surface area contributed by atoms with Crippen molar-refractivity contribution >= 4 is 10.9 Å². The molecule has 3 aromatic rings. The van der Waals surface area contributed by atoms with Crippen LogP contribution in [0, 0.1) is 6.92 Å². The van der Waals surface area contributed by atoms with Gasteiger partial charge in [-0.3, -0.25) is 9.48 Å². The van der Waals surface area contributed by atoms with Gasteiger partial charge in [-0.1, -0.05) is 30.3 Å². The van der Waals surface area contributed by atoms with Gasteiger partial charge in [0.2, 0.25) is 0 Å². The number of hydrogen-bond acceptors (Lipinski definition) is 3. The van der Waals surface area contributed by atoms with E-state index in [4.69, 9.17) is 0 Å². The highest BCUT2D eigenvalue weighted by Crippen LogP contribution is 2.25. The third-order valence-corrected chi connectivity index (χ3v) is 3.24. The highest BCUT2D eigenvalue weighted by Gasteiger charge is 2.17. The van der Waals surface area contributed by atoms with Crippen LogP contribution in [0.25, 0.3) is 22.2 Å². The topological polar surface area (TPSA) is 52.7 Å². The van der Waals surface area contributed by atoms with Gasteiger partial charge in [0.05, 0.1) is 16.6 Å². The zero-order valence-electron chi connectivity index (χ0n) is 11.1. The van der Waals surface area contributed by atoms with Gasteiger partial charge in [0.25, 0.3) is 5.56 Å². The van der Waals surface area contributed by atoms with Crippen LogP contribution < -0.4 is 5.56 Å². The molecule has 0 bridgehead atoms. The van der Waals surface area contributed by atoms with Crippen LogP contribution in [0.4, 0.5) is 0 Å². The first-order valence-corrected chi connectivity index (χ1v) is 6.05. The average Bonchev–Trinajstić information content (AvgIpc) is 2.75. The molecule has 2 aromatic heterocycles. The lowest BCUT2D eigenvalue weighted by Gasteiger charge is -2.02. The van der Waals surface area contributed by atoms with Gasteiger partial charge >= 0.3 is 0 Å². The summed E-state index contributed by atoms with van der Waals surface area (Å²) in [5.74, 6) is 0. The Morgan fingerprint density at radius 1 is 1.00 bits per heavy atom. The van der Waals surface area contributed by atoms with Gasteiger partial charge in [-0.15, -0.1) is 0 Å². The van der Waals surface area contributed by atoms with Crippen LogP contribution in [0.15, 0.2) is 35.1 Å². The molecule has 0 N–H and O–H groups in total. The quantitative estimate of drug-likeness (QED) is 0.663. The van der Waals surface area contributed by atoms with E-state index < -0.39 is 0 Å². The standard InChI is InChI=1S/C14H14N4O/c1-9-13-11(14(19)18(3)15-9)12(16-17(13)2)10-7-5-4-6-8-10/h4-8H,1-3H3. The van der Waals surface area contributed by atoms with Gasteiger partial charge < -0.3 is 0 Å². The minimum absolute atomic E-state index is 0.118. The van der Waals surface area contributed by atoms with Crippen LogP contribution in [0.2, 0.25) is 0 Å². The maximum Gasteiger partial charge on any atom is 0.278 e. The van der Waals surface area contributed by atoms with Crippen molar-refractivity contribution in [3.63, 3.8) is 0 Å². The van der Waals surface area contributed by atoms with E-state index in [1.165, 1.54) is 4.68 Å². The van der Waals surface area contributed by atoms with Gasteiger partial charge in [-0.05, 0) is 6.92 Å². The van der Waals surface area contributed by atoms with E-state index >= 15 is 0 Å². The van der Waals surface area contributed by atoms with Crippen molar-refractivity contribution in [3.8, 4) is 11.3 Å². The first kappa shape index (κ1) is 11.6. The van der Waals surface area contributed by atoms with Crippen molar-refractivity contribution in [3.05, 3.63) is 46.4 Å². The summed E-state index contributed by atoms with van der Waals surface area (Å²) in [7, 11) is 3.50. The molecule has 0 aliphatic carbocycles. The van der Waals surface area contributed by atoms with Crippen molar-refractivity contribution in [2.24, 2.45) is 14.1 Å². The molecule has 5 heteroatoms. The summed E-state index contributed by atoms with van der Waals surface area (Å²) in [6.07, 6.45) is 0. The summed E-state index contributed by atoms with van der Waals surface area (Å²) in [6.45, 7) is 1.89.